The zero-order chi connectivity index (χ0) is 21.3. The average Bonchev–Trinajstić information content (AvgIpc) is 3.29. The predicted octanol–water partition coefficient (Wildman–Crippen LogP) is 2.01. The predicted molar refractivity (Wildman–Crippen MR) is 108 cm³/mol. The van der Waals surface area contributed by atoms with Crippen molar-refractivity contribution in [2.45, 2.75) is 64.1 Å². The molecule has 0 aromatic carbocycles. The molecule has 11 nitrogen and oxygen atoms in total. The Hall–Kier alpha value is -1.62. The SMILES string of the molecule is CCCCN(CCCC)c1ncnc2c1ncn2C1OC2COP(=O)(O)OC2C1O. The van der Waals surface area contributed by atoms with E-state index in [0.29, 0.717) is 11.2 Å². The molecule has 0 radical (unpaired) electrons. The summed E-state index contributed by atoms with van der Waals surface area (Å²) in [5.74, 6) is 0.755. The first-order valence-corrected chi connectivity index (χ1v) is 11.9. The third kappa shape index (κ3) is 4.10. The van der Waals surface area contributed by atoms with E-state index in [1.54, 1.807) is 10.9 Å². The number of ether oxygens (including phenoxy) is 1. The third-order valence-electron chi connectivity index (χ3n) is 5.44. The molecule has 2 aliphatic rings. The van der Waals surface area contributed by atoms with Gasteiger partial charge in [0.1, 0.15) is 24.6 Å². The second kappa shape index (κ2) is 8.86. The van der Waals surface area contributed by atoms with Crippen molar-refractivity contribution < 1.29 is 28.3 Å². The van der Waals surface area contributed by atoms with Crippen molar-refractivity contribution in [3.8, 4) is 0 Å². The van der Waals surface area contributed by atoms with Gasteiger partial charge in [0.2, 0.25) is 0 Å². The molecule has 5 atom stereocenters. The van der Waals surface area contributed by atoms with E-state index in [0.717, 1.165) is 44.6 Å². The van der Waals surface area contributed by atoms with Crippen LogP contribution in [0.3, 0.4) is 0 Å². The third-order valence-corrected chi connectivity index (χ3v) is 6.43. The molecule has 12 heteroatoms. The van der Waals surface area contributed by atoms with Gasteiger partial charge in [-0.25, -0.2) is 19.5 Å². The van der Waals surface area contributed by atoms with E-state index in [4.69, 9.17) is 13.8 Å². The van der Waals surface area contributed by atoms with E-state index in [-0.39, 0.29) is 6.61 Å². The van der Waals surface area contributed by atoms with Crippen LogP contribution in [0.2, 0.25) is 0 Å². The molecule has 2 aromatic heterocycles. The van der Waals surface area contributed by atoms with Crippen LogP contribution < -0.4 is 4.90 Å². The van der Waals surface area contributed by atoms with Gasteiger partial charge in [0.15, 0.2) is 23.2 Å². The van der Waals surface area contributed by atoms with Crippen molar-refractivity contribution >= 4 is 24.8 Å². The van der Waals surface area contributed by atoms with Crippen LogP contribution in [0.4, 0.5) is 5.82 Å². The van der Waals surface area contributed by atoms with Gasteiger partial charge in [-0.05, 0) is 12.8 Å². The quantitative estimate of drug-likeness (QED) is 0.586. The van der Waals surface area contributed by atoms with Gasteiger partial charge >= 0.3 is 7.82 Å². The smallest absolute Gasteiger partial charge is 0.386 e. The van der Waals surface area contributed by atoms with Gasteiger partial charge in [-0.2, -0.15) is 0 Å². The highest BCUT2D eigenvalue weighted by atomic mass is 31.2. The van der Waals surface area contributed by atoms with Crippen LogP contribution in [0.15, 0.2) is 12.7 Å². The summed E-state index contributed by atoms with van der Waals surface area (Å²) in [6, 6.07) is 0. The van der Waals surface area contributed by atoms with Crippen LogP contribution in [-0.2, 0) is 18.3 Å². The van der Waals surface area contributed by atoms with E-state index in [1.807, 2.05) is 0 Å². The Morgan fingerprint density at radius 3 is 2.67 bits per heavy atom. The number of hydrogen-bond donors (Lipinski definition) is 2. The van der Waals surface area contributed by atoms with Crippen molar-refractivity contribution in [1.82, 2.24) is 19.5 Å². The summed E-state index contributed by atoms with van der Waals surface area (Å²) in [5, 5.41) is 10.7. The number of phosphoric acid groups is 1. The standard InChI is InChI=1S/C18H28N5O6P/c1-3-5-7-22(8-6-4-2)16-13-17(20-10-19-16)23(11-21-13)18-14(24)15-12(28-18)9-27-30(25,26)29-15/h10-12,14-15,18,24H,3-9H2,1-2H3,(H,25,26). The number of fused-ring (bicyclic) bond motifs is 2. The Morgan fingerprint density at radius 1 is 1.23 bits per heavy atom. The van der Waals surface area contributed by atoms with Gasteiger partial charge in [-0.3, -0.25) is 13.6 Å². The highest BCUT2D eigenvalue weighted by molar-refractivity contribution is 7.47. The maximum absolute atomic E-state index is 11.7. The Bertz CT molecular complexity index is 918. The Balaban J connectivity index is 1.64. The summed E-state index contributed by atoms with van der Waals surface area (Å²) in [6.45, 7) is 5.91. The largest absolute Gasteiger partial charge is 0.472 e. The number of aromatic nitrogens is 4. The lowest BCUT2D eigenvalue weighted by molar-refractivity contribution is -0.0664. The number of phosphoric ester groups is 1. The van der Waals surface area contributed by atoms with Crippen LogP contribution in [0, 0.1) is 0 Å². The van der Waals surface area contributed by atoms with Gasteiger partial charge in [0.25, 0.3) is 0 Å². The zero-order valence-electron chi connectivity index (χ0n) is 17.1. The highest BCUT2D eigenvalue weighted by Crippen LogP contribution is 2.52. The fraction of sp³-hybridized carbons (Fsp3) is 0.722. The number of unbranched alkanes of at least 4 members (excludes halogenated alkanes) is 2. The van der Waals surface area contributed by atoms with E-state index in [2.05, 4.69) is 33.7 Å². The topological polar surface area (TPSA) is 132 Å². The van der Waals surface area contributed by atoms with Gasteiger partial charge in [-0.1, -0.05) is 26.7 Å². The van der Waals surface area contributed by atoms with Gasteiger partial charge < -0.3 is 19.6 Å². The number of hydrogen-bond acceptors (Lipinski definition) is 9. The van der Waals surface area contributed by atoms with Crippen molar-refractivity contribution in [2.24, 2.45) is 0 Å². The summed E-state index contributed by atoms with van der Waals surface area (Å²) in [6.07, 6.45) is 3.60. The van der Waals surface area contributed by atoms with Crippen LogP contribution in [0.5, 0.6) is 0 Å². The minimum atomic E-state index is -4.19. The summed E-state index contributed by atoms with van der Waals surface area (Å²) < 4.78 is 29.0. The van der Waals surface area contributed by atoms with Gasteiger partial charge in [0.05, 0.1) is 12.9 Å². The maximum Gasteiger partial charge on any atom is 0.472 e. The Morgan fingerprint density at radius 2 is 1.97 bits per heavy atom. The fourth-order valence-corrected chi connectivity index (χ4v) is 4.81. The second-order valence-electron chi connectivity index (χ2n) is 7.61. The second-order valence-corrected chi connectivity index (χ2v) is 9.01. The highest BCUT2D eigenvalue weighted by Gasteiger charge is 2.52. The molecular formula is C18H28N5O6P. The molecule has 2 fully saturated rings. The lowest BCUT2D eigenvalue weighted by atomic mass is 10.1. The average molecular weight is 441 g/mol. The molecule has 0 saturated carbocycles. The van der Waals surface area contributed by atoms with E-state index < -0.39 is 32.4 Å². The normalized spacial score (nSPS) is 31.2. The molecule has 0 spiro atoms. The minimum Gasteiger partial charge on any atom is -0.386 e. The molecular weight excluding hydrogens is 413 g/mol. The molecule has 30 heavy (non-hydrogen) atoms. The summed E-state index contributed by atoms with van der Waals surface area (Å²) >= 11 is 0. The molecule has 2 N–H and O–H groups in total. The molecule has 4 rings (SSSR count). The van der Waals surface area contributed by atoms with Crippen molar-refractivity contribution in [3.63, 3.8) is 0 Å². The number of imidazole rings is 1. The molecule has 0 bridgehead atoms. The van der Waals surface area contributed by atoms with Crippen molar-refractivity contribution in [2.75, 3.05) is 24.6 Å². The van der Waals surface area contributed by atoms with Crippen molar-refractivity contribution in [1.29, 1.82) is 0 Å². The minimum absolute atomic E-state index is 0.138. The summed E-state index contributed by atoms with van der Waals surface area (Å²) in [7, 11) is -4.19. The molecule has 2 aliphatic heterocycles. The number of rotatable bonds is 8. The molecule has 2 aromatic rings. The van der Waals surface area contributed by atoms with Crippen LogP contribution in [0.25, 0.3) is 11.2 Å². The van der Waals surface area contributed by atoms with E-state index in [9.17, 15) is 14.6 Å². The molecule has 5 unspecified atom stereocenters. The molecule has 0 aliphatic carbocycles. The number of nitrogens with zero attached hydrogens (tertiary/aromatic N) is 5. The number of aliphatic hydroxyl groups excluding tert-OH is 1. The number of anilines is 1. The summed E-state index contributed by atoms with van der Waals surface area (Å²) in [4.78, 5) is 25.1. The van der Waals surface area contributed by atoms with Crippen LogP contribution >= 0.6 is 7.82 Å². The van der Waals surface area contributed by atoms with E-state index >= 15 is 0 Å². The fourth-order valence-electron chi connectivity index (χ4n) is 3.84. The Labute approximate surface area is 174 Å². The van der Waals surface area contributed by atoms with Crippen LogP contribution in [-0.4, -0.2) is 67.5 Å². The van der Waals surface area contributed by atoms with E-state index in [1.165, 1.54) is 6.33 Å². The Kier molecular flexibility index (Phi) is 6.38. The lowest BCUT2D eigenvalue weighted by Crippen LogP contribution is -2.39. The summed E-state index contributed by atoms with van der Waals surface area (Å²) in [5.41, 5.74) is 1.15. The van der Waals surface area contributed by atoms with Gasteiger partial charge in [-0.15, -0.1) is 0 Å². The monoisotopic (exact) mass is 441 g/mol. The lowest BCUT2D eigenvalue weighted by Gasteiger charge is -2.27. The first kappa shape index (κ1) is 21.6. The first-order valence-electron chi connectivity index (χ1n) is 10.4. The van der Waals surface area contributed by atoms with Gasteiger partial charge in [0, 0.05) is 13.1 Å². The van der Waals surface area contributed by atoms with Crippen molar-refractivity contribution in [3.05, 3.63) is 12.7 Å². The molecule has 166 valence electrons. The molecule has 2 saturated heterocycles. The molecule has 4 heterocycles. The van der Waals surface area contributed by atoms with Crippen LogP contribution in [0.1, 0.15) is 45.8 Å². The first-order chi connectivity index (χ1) is 14.4. The number of aliphatic hydroxyl groups is 1. The molecule has 0 amide bonds. The maximum atomic E-state index is 11.7. The zero-order valence-corrected chi connectivity index (χ0v) is 18.0.